The van der Waals surface area contributed by atoms with Gasteiger partial charge in [0.25, 0.3) is 0 Å². The molecule has 1 aromatic carbocycles. The third-order valence-electron chi connectivity index (χ3n) is 5.51. The number of aromatic nitrogens is 1. The lowest BCUT2D eigenvalue weighted by Crippen LogP contribution is -2.48. The number of hydrogen-bond acceptors (Lipinski definition) is 5. The van der Waals surface area contributed by atoms with Gasteiger partial charge in [-0.25, -0.2) is 4.98 Å². The molecule has 0 radical (unpaired) electrons. The Balaban J connectivity index is 0.00000145. The van der Waals surface area contributed by atoms with Crippen molar-refractivity contribution in [2.45, 2.75) is 46.6 Å². The number of nitrogens with two attached hydrogens (primary N) is 1. The zero-order valence-corrected chi connectivity index (χ0v) is 18.7. The minimum Gasteiger partial charge on any atom is -0.383 e. The van der Waals surface area contributed by atoms with Gasteiger partial charge in [0, 0.05) is 61.4 Å². The van der Waals surface area contributed by atoms with Gasteiger partial charge in [0.1, 0.15) is 5.82 Å². The van der Waals surface area contributed by atoms with E-state index in [1.165, 1.54) is 44.7 Å². The van der Waals surface area contributed by atoms with E-state index < -0.39 is 0 Å². The molecule has 3 N–H and O–H groups in total. The normalized spacial score (nSPS) is 15.2. The molecule has 5 nitrogen and oxygen atoms in total. The van der Waals surface area contributed by atoms with Crippen molar-refractivity contribution in [3.63, 3.8) is 0 Å². The fraction of sp³-hybridized carbons (Fsp3) is 0.542. The summed E-state index contributed by atoms with van der Waals surface area (Å²) in [6.45, 7) is 19.6. The molecule has 0 bridgehead atoms. The number of rotatable bonds is 8. The second-order valence-electron chi connectivity index (χ2n) is 7.78. The Morgan fingerprint density at radius 2 is 1.86 bits per heavy atom. The van der Waals surface area contributed by atoms with Gasteiger partial charge in [-0.3, -0.25) is 4.90 Å². The molecule has 2 aromatic rings. The second kappa shape index (κ2) is 11.8. The molecule has 1 aromatic heterocycles. The number of hydrogen-bond donors (Lipinski definition) is 2. The fourth-order valence-electron chi connectivity index (χ4n) is 3.75. The van der Waals surface area contributed by atoms with Gasteiger partial charge in [-0.05, 0) is 45.4 Å². The summed E-state index contributed by atoms with van der Waals surface area (Å²) in [4.78, 5) is 9.31. The van der Waals surface area contributed by atoms with Crippen LogP contribution in [0.1, 0.15) is 40.5 Å². The maximum absolute atomic E-state index is 5.98. The number of anilines is 2. The number of piperazine rings is 1. The smallest absolute Gasteiger partial charge is 0.131 e. The summed E-state index contributed by atoms with van der Waals surface area (Å²) in [5, 5.41) is 5.62. The van der Waals surface area contributed by atoms with Crippen LogP contribution >= 0.6 is 0 Å². The molecule has 2 heterocycles. The van der Waals surface area contributed by atoms with Crippen LogP contribution in [0.2, 0.25) is 0 Å². The van der Waals surface area contributed by atoms with E-state index in [-0.39, 0.29) is 0 Å². The predicted molar refractivity (Wildman–Crippen MR) is 128 cm³/mol. The lowest BCUT2D eigenvalue weighted by molar-refractivity contribution is 0.108. The molecule has 160 valence electrons. The predicted octanol–water partition coefficient (Wildman–Crippen LogP) is 4.62. The van der Waals surface area contributed by atoms with Gasteiger partial charge >= 0.3 is 0 Å². The van der Waals surface area contributed by atoms with Gasteiger partial charge in [-0.2, -0.15) is 0 Å². The van der Waals surface area contributed by atoms with E-state index in [2.05, 4.69) is 46.6 Å². The first-order valence-electron chi connectivity index (χ1n) is 11.0. The fourth-order valence-corrected chi connectivity index (χ4v) is 3.75. The summed E-state index contributed by atoms with van der Waals surface area (Å²) < 4.78 is 0. The van der Waals surface area contributed by atoms with Crippen LogP contribution in [0.3, 0.4) is 0 Å². The van der Waals surface area contributed by atoms with E-state index in [1.54, 1.807) is 6.20 Å². The van der Waals surface area contributed by atoms with Crippen LogP contribution in [0.25, 0.3) is 10.8 Å². The highest BCUT2D eigenvalue weighted by Crippen LogP contribution is 2.26. The number of nitrogen functional groups attached to an aromatic ring is 1. The van der Waals surface area contributed by atoms with Crippen molar-refractivity contribution in [2.75, 3.05) is 50.3 Å². The third kappa shape index (κ3) is 6.72. The molecule has 1 aliphatic rings. The van der Waals surface area contributed by atoms with E-state index in [0.29, 0.717) is 11.9 Å². The molecule has 0 amide bonds. The molecule has 29 heavy (non-hydrogen) atoms. The Morgan fingerprint density at radius 1 is 1.14 bits per heavy atom. The summed E-state index contributed by atoms with van der Waals surface area (Å²) in [6, 6.07) is 8.79. The zero-order valence-electron chi connectivity index (χ0n) is 18.7. The SMILES string of the molecule is C=C(CCCN1CCN(C(C)C)CC1)CNc1cccc2c(N)nccc12.CC. The van der Waals surface area contributed by atoms with E-state index in [9.17, 15) is 0 Å². The van der Waals surface area contributed by atoms with Gasteiger partial charge in [0.05, 0.1) is 0 Å². The number of nitrogens with zero attached hydrogens (tertiary/aromatic N) is 3. The van der Waals surface area contributed by atoms with Crippen LogP contribution in [0, 0.1) is 0 Å². The van der Waals surface area contributed by atoms with Crippen LogP contribution in [0.4, 0.5) is 11.5 Å². The molecule has 0 aliphatic carbocycles. The highest BCUT2D eigenvalue weighted by molar-refractivity contribution is 5.99. The Bertz CT molecular complexity index is 763. The molecule has 1 saturated heterocycles. The molecule has 1 aliphatic heterocycles. The Labute approximate surface area is 177 Å². The van der Waals surface area contributed by atoms with Gasteiger partial charge in [-0.1, -0.05) is 38.1 Å². The van der Waals surface area contributed by atoms with Crippen molar-refractivity contribution in [3.8, 4) is 0 Å². The monoisotopic (exact) mass is 397 g/mol. The molecule has 0 saturated carbocycles. The summed E-state index contributed by atoms with van der Waals surface area (Å²) >= 11 is 0. The van der Waals surface area contributed by atoms with Gasteiger partial charge in [0.15, 0.2) is 0 Å². The molecule has 3 rings (SSSR count). The summed E-state index contributed by atoms with van der Waals surface area (Å²) in [7, 11) is 0. The third-order valence-corrected chi connectivity index (χ3v) is 5.51. The molecular formula is C24H39N5. The van der Waals surface area contributed by atoms with Crippen molar-refractivity contribution >= 4 is 22.3 Å². The first-order chi connectivity index (χ1) is 14.0. The lowest BCUT2D eigenvalue weighted by atomic mass is 10.1. The van der Waals surface area contributed by atoms with Crippen LogP contribution in [0.15, 0.2) is 42.6 Å². The topological polar surface area (TPSA) is 57.4 Å². The second-order valence-corrected chi connectivity index (χ2v) is 7.78. The van der Waals surface area contributed by atoms with Crippen LogP contribution < -0.4 is 11.1 Å². The first-order valence-corrected chi connectivity index (χ1v) is 11.0. The van der Waals surface area contributed by atoms with Crippen molar-refractivity contribution in [3.05, 3.63) is 42.6 Å². The minimum absolute atomic E-state index is 0.576. The van der Waals surface area contributed by atoms with Crippen LogP contribution in [-0.4, -0.2) is 60.1 Å². The molecule has 1 fully saturated rings. The largest absolute Gasteiger partial charge is 0.383 e. The lowest BCUT2D eigenvalue weighted by Gasteiger charge is -2.36. The number of benzene rings is 1. The standard InChI is InChI=1S/C22H33N5.C2H6/c1-17(2)27-14-12-26(13-15-27)11-5-6-18(3)16-25-21-8-4-7-20-19(21)9-10-24-22(20)23;1-2/h4,7-10,17,25H,3,5-6,11-16H2,1-2H3,(H2,23,24);1-2H3. The average molecular weight is 398 g/mol. The Hall–Kier alpha value is -2.11. The minimum atomic E-state index is 0.576. The van der Waals surface area contributed by atoms with Crippen molar-refractivity contribution in [1.82, 2.24) is 14.8 Å². The summed E-state index contributed by atoms with van der Waals surface area (Å²) in [5.74, 6) is 0.576. The van der Waals surface area contributed by atoms with E-state index in [1.807, 2.05) is 32.0 Å². The van der Waals surface area contributed by atoms with Crippen LogP contribution in [0.5, 0.6) is 0 Å². The van der Waals surface area contributed by atoms with Gasteiger partial charge in [0.2, 0.25) is 0 Å². The number of fused-ring (bicyclic) bond motifs is 1. The average Bonchev–Trinajstić information content (AvgIpc) is 2.74. The highest BCUT2D eigenvalue weighted by Gasteiger charge is 2.18. The van der Waals surface area contributed by atoms with Crippen molar-refractivity contribution in [2.24, 2.45) is 0 Å². The number of pyridine rings is 1. The summed E-state index contributed by atoms with van der Waals surface area (Å²) in [6.07, 6.45) is 4.00. The molecule has 0 atom stereocenters. The Kier molecular flexibility index (Phi) is 9.42. The van der Waals surface area contributed by atoms with Gasteiger partial charge < -0.3 is 16.0 Å². The zero-order chi connectivity index (χ0) is 21.2. The van der Waals surface area contributed by atoms with E-state index in [0.717, 1.165) is 29.4 Å². The molecular weight excluding hydrogens is 358 g/mol. The van der Waals surface area contributed by atoms with Crippen LogP contribution in [-0.2, 0) is 0 Å². The van der Waals surface area contributed by atoms with Crippen molar-refractivity contribution < 1.29 is 0 Å². The van der Waals surface area contributed by atoms with Crippen molar-refractivity contribution in [1.29, 1.82) is 0 Å². The maximum Gasteiger partial charge on any atom is 0.131 e. The number of nitrogens with one attached hydrogen (secondary N) is 1. The van der Waals surface area contributed by atoms with Gasteiger partial charge in [-0.15, -0.1) is 0 Å². The van der Waals surface area contributed by atoms with E-state index in [4.69, 9.17) is 5.73 Å². The summed E-state index contributed by atoms with van der Waals surface area (Å²) in [5.41, 5.74) is 8.31. The quantitative estimate of drug-likeness (QED) is 0.637. The Morgan fingerprint density at radius 3 is 2.55 bits per heavy atom. The molecule has 5 heteroatoms. The first kappa shape index (κ1) is 23.2. The molecule has 0 spiro atoms. The maximum atomic E-state index is 5.98. The van der Waals surface area contributed by atoms with E-state index >= 15 is 0 Å². The molecule has 0 unspecified atom stereocenters. The highest BCUT2D eigenvalue weighted by atomic mass is 15.3.